The molecule has 0 atom stereocenters. The number of benzene rings is 4. The zero-order valence-electron chi connectivity index (χ0n) is 20.8. The Morgan fingerprint density at radius 3 is 2.03 bits per heavy atom. The van der Waals surface area contributed by atoms with Crippen LogP contribution in [0, 0.1) is 0 Å². The van der Waals surface area contributed by atoms with Gasteiger partial charge in [0.2, 0.25) is 5.91 Å². The van der Waals surface area contributed by atoms with E-state index in [1.165, 1.54) is 31.4 Å². The van der Waals surface area contributed by atoms with Crippen LogP contribution in [0.5, 0.6) is 0 Å². The van der Waals surface area contributed by atoms with Crippen molar-refractivity contribution in [3.63, 3.8) is 0 Å². The lowest BCUT2D eigenvalue weighted by atomic mass is 10.0. The molecule has 0 bridgehead atoms. The number of hydrogen-bond acceptors (Lipinski definition) is 5. The maximum Gasteiger partial charge on any atom is 0.339 e. The first-order valence-electron chi connectivity index (χ1n) is 11.7. The second kappa shape index (κ2) is 11.7. The van der Waals surface area contributed by atoms with Gasteiger partial charge in [0, 0.05) is 17.2 Å². The first-order valence-corrected chi connectivity index (χ1v) is 11.7. The van der Waals surface area contributed by atoms with Gasteiger partial charge < -0.3 is 10.1 Å². The Labute approximate surface area is 219 Å². The van der Waals surface area contributed by atoms with Crippen LogP contribution in [-0.4, -0.2) is 30.8 Å². The quantitative estimate of drug-likeness (QED) is 0.198. The number of carbonyl (C=O) groups is 4. The summed E-state index contributed by atoms with van der Waals surface area (Å²) in [7, 11) is 1.22. The van der Waals surface area contributed by atoms with Gasteiger partial charge in [-0.25, -0.2) is 4.79 Å². The number of fused-ring (bicyclic) bond motifs is 1. The predicted octanol–water partition coefficient (Wildman–Crippen LogP) is 4.74. The average molecular weight is 508 g/mol. The molecule has 8 nitrogen and oxygen atoms in total. The molecule has 0 unspecified atom stereocenters. The predicted molar refractivity (Wildman–Crippen MR) is 145 cm³/mol. The van der Waals surface area contributed by atoms with Crippen molar-refractivity contribution in [1.29, 1.82) is 0 Å². The molecule has 4 aromatic rings. The highest BCUT2D eigenvalue weighted by molar-refractivity contribution is 6.09. The van der Waals surface area contributed by atoms with Crippen molar-refractivity contribution in [2.75, 3.05) is 12.4 Å². The van der Waals surface area contributed by atoms with Crippen LogP contribution in [0.3, 0.4) is 0 Å². The summed E-state index contributed by atoms with van der Waals surface area (Å²) < 4.78 is 4.81. The number of hydrogen-bond donors (Lipinski definition) is 3. The van der Waals surface area contributed by atoms with Gasteiger partial charge in [-0.05, 0) is 65.2 Å². The summed E-state index contributed by atoms with van der Waals surface area (Å²) in [6.45, 7) is 1.81. The Bertz CT molecular complexity index is 1560. The SMILES string of the molecule is COC(=O)c1ccc(C(=O)NNC(=O)c2ccccc2)cc1NC(=O)/C=C(/C)c1ccc2ccccc2c1. The number of rotatable bonds is 6. The fourth-order valence-corrected chi connectivity index (χ4v) is 3.81. The number of carbonyl (C=O) groups excluding carboxylic acids is 4. The van der Waals surface area contributed by atoms with Crippen LogP contribution in [0.2, 0.25) is 0 Å². The molecule has 0 radical (unpaired) electrons. The second-order valence-corrected chi connectivity index (χ2v) is 8.40. The topological polar surface area (TPSA) is 114 Å². The summed E-state index contributed by atoms with van der Waals surface area (Å²) in [5, 5.41) is 4.80. The molecular formula is C30H25N3O5. The van der Waals surface area contributed by atoms with E-state index in [4.69, 9.17) is 4.74 Å². The third-order valence-electron chi connectivity index (χ3n) is 5.82. The summed E-state index contributed by atoms with van der Waals surface area (Å²) in [6.07, 6.45) is 1.41. The Hall–Kier alpha value is -5.24. The van der Waals surface area contributed by atoms with Crippen molar-refractivity contribution in [3.8, 4) is 0 Å². The lowest BCUT2D eigenvalue weighted by Gasteiger charge is -2.12. The molecule has 8 heteroatoms. The van der Waals surface area contributed by atoms with Crippen molar-refractivity contribution < 1.29 is 23.9 Å². The van der Waals surface area contributed by atoms with Gasteiger partial charge in [0.15, 0.2) is 0 Å². The van der Waals surface area contributed by atoms with E-state index in [1.54, 1.807) is 30.3 Å². The van der Waals surface area contributed by atoms with Gasteiger partial charge in [-0.15, -0.1) is 0 Å². The first kappa shape index (κ1) is 25.8. The van der Waals surface area contributed by atoms with Gasteiger partial charge in [0.05, 0.1) is 18.4 Å². The minimum Gasteiger partial charge on any atom is -0.465 e. The van der Waals surface area contributed by atoms with Crippen LogP contribution >= 0.6 is 0 Å². The molecule has 0 aliphatic rings. The van der Waals surface area contributed by atoms with Crippen molar-refractivity contribution in [3.05, 3.63) is 119 Å². The summed E-state index contributed by atoms with van der Waals surface area (Å²) in [6, 6.07) is 26.3. The van der Waals surface area contributed by atoms with Gasteiger partial charge >= 0.3 is 5.97 Å². The van der Waals surface area contributed by atoms with E-state index in [2.05, 4.69) is 16.2 Å². The van der Waals surface area contributed by atoms with Crippen LogP contribution in [0.25, 0.3) is 16.3 Å². The molecule has 38 heavy (non-hydrogen) atoms. The van der Waals surface area contributed by atoms with Crippen molar-refractivity contribution >= 4 is 45.7 Å². The Morgan fingerprint density at radius 1 is 0.684 bits per heavy atom. The third kappa shape index (κ3) is 6.11. The molecule has 0 saturated heterocycles. The van der Waals surface area contributed by atoms with Crippen LogP contribution in [0.1, 0.15) is 43.6 Å². The van der Waals surface area contributed by atoms with Crippen molar-refractivity contribution in [1.82, 2.24) is 10.9 Å². The zero-order valence-corrected chi connectivity index (χ0v) is 20.8. The third-order valence-corrected chi connectivity index (χ3v) is 5.82. The molecule has 0 aliphatic carbocycles. The number of esters is 1. The molecule has 3 N–H and O–H groups in total. The molecule has 0 fully saturated rings. The van der Waals surface area contributed by atoms with Gasteiger partial charge in [-0.3, -0.25) is 25.2 Å². The van der Waals surface area contributed by atoms with Gasteiger partial charge in [0.1, 0.15) is 0 Å². The highest BCUT2D eigenvalue weighted by Gasteiger charge is 2.17. The number of amides is 3. The van der Waals surface area contributed by atoms with Gasteiger partial charge in [-0.2, -0.15) is 0 Å². The largest absolute Gasteiger partial charge is 0.465 e. The van der Waals surface area contributed by atoms with Crippen LogP contribution in [0.4, 0.5) is 5.69 Å². The van der Waals surface area contributed by atoms with E-state index in [0.29, 0.717) is 11.1 Å². The molecule has 0 spiro atoms. The maximum atomic E-state index is 12.9. The van der Waals surface area contributed by atoms with Gasteiger partial charge in [-0.1, -0.05) is 54.6 Å². The van der Waals surface area contributed by atoms with E-state index in [-0.39, 0.29) is 16.8 Å². The average Bonchev–Trinajstić information content (AvgIpc) is 2.95. The fraction of sp³-hybridized carbons (Fsp3) is 0.0667. The molecule has 0 aromatic heterocycles. The van der Waals surface area contributed by atoms with E-state index in [0.717, 1.165) is 16.3 Å². The van der Waals surface area contributed by atoms with E-state index in [9.17, 15) is 19.2 Å². The lowest BCUT2D eigenvalue weighted by Crippen LogP contribution is -2.41. The van der Waals surface area contributed by atoms with Gasteiger partial charge in [0.25, 0.3) is 11.8 Å². The first-order chi connectivity index (χ1) is 18.4. The fourth-order valence-electron chi connectivity index (χ4n) is 3.81. The summed E-state index contributed by atoms with van der Waals surface area (Å²) >= 11 is 0. The number of methoxy groups -OCH3 is 1. The van der Waals surface area contributed by atoms with E-state index >= 15 is 0 Å². The summed E-state index contributed by atoms with van der Waals surface area (Å²) in [5.41, 5.74) is 6.89. The molecule has 4 rings (SSSR count). The molecular weight excluding hydrogens is 482 g/mol. The molecule has 190 valence electrons. The van der Waals surface area contributed by atoms with Crippen LogP contribution < -0.4 is 16.2 Å². The zero-order chi connectivity index (χ0) is 27.1. The molecule has 0 saturated carbocycles. The monoisotopic (exact) mass is 507 g/mol. The Balaban J connectivity index is 1.52. The van der Waals surface area contributed by atoms with E-state index in [1.807, 2.05) is 49.4 Å². The normalized spacial score (nSPS) is 10.9. The van der Waals surface area contributed by atoms with Crippen molar-refractivity contribution in [2.45, 2.75) is 6.92 Å². The minimum atomic E-state index is -0.681. The van der Waals surface area contributed by atoms with E-state index < -0.39 is 23.7 Å². The van der Waals surface area contributed by atoms with Crippen molar-refractivity contribution in [2.24, 2.45) is 0 Å². The minimum absolute atomic E-state index is 0.0717. The molecule has 0 aliphatic heterocycles. The highest BCUT2D eigenvalue weighted by atomic mass is 16.5. The molecule has 3 amide bonds. The summed E-state index contributed by atoms with van der Waals surface area (Å²) in [4.78, 5) is 50.1. The molecule has 4 aromatic carbocycles. The smallest absolute Gasteiger partial charge is 0.339 e. The number of ether oxygens (including phenoxy) is 1. The number of hydrazine groups is 1. The standard InChI is InChI=1S/C30H25N3O5/c1-19(22-13-12-20-8-6-7-11-23(20)17-22)16-27(34)31-26-18-24(14-15-25(26)30(37)38-2)29(36)33-32-28(35)21-9-4-3-5-10-21/h3-18H,1-2H3,(H,31,34)(H,32,35)(H,33,36)/b19-16-. The Kier molecular flexibility index (Phi) is 7.93. The lowest BCUT2D eigenvalue weighted by molar-refractivity contribution is -0.111. The maximum absolute atomic E-state index is 12.9. The summed E-state index contributed by atoms with van der Waals surface area (Å²) in [5.74, 6) is -2.30. The number of anilines is 1. The van der Waals surface area contributed by atoms with Crippen LogP contribution in [-0.2, 0) is 9.53 Å². The number of nitrogens with one attached hydrogen (secondary N) is 3. The second-order valence-electron chi connectivity index (χ2n) is 8.40. The number of allylic oxidation sites excluding steroid dienone is 1. The highest BCUT2D eigenvalue weighted by Crippen LogP contribution is 2.23. The van der Waals surface area contributed by atoms with Crippen LogP contribution in [0.15, 0.2) is 97.1 Å². The molecule has 0 heterocycles. The Morgan fingerprint density at radius 2 is 1.32 bits per heavy atom.